The molecule has 1 aliphatic carbocycles. The lowest BCUT2D eigenvalue weighted by atomic mass is 9.81. The first-order chi connectivity index (χ1) is 7.90. The predicted octanol–water partition coefficient (Wildman–Crippen LogP) is 2.33. The zero-order chi connectivity index (χ0) is 11.0. The lowest BCUT2D eigenvalue weighted by molar-refractivity contribution is 0.410. The fourth-order valence-corrected chi connectivity index (χ4v) is 2.56. The fraction of sp³-hybridized carbons (Fsp3) is 0.462. The average molecular weight is 215 g/mol. The summed E-state index contributed by atoms with van der Waals surface area (Å²) in [7, 11) is 0. The molecule has 0 aromatic carbocycles. The van der Waals surface area contributed by atoms with Crippen LogP contribution in [0.3, 0.4) is 0 Å². The number of nitrogens with zero attached hydrogens (tertiary/aromatic N) is 1. The van der Waals surface area contributed by atoms with Gasteiger partial charge in [-0.2, -0.15) is 0 Å². The largest absolute Gasteiger partial charge is 0.343 e. The monoisotopic (exact) mass is 215 g/mol. The van der Waals surface area contributed by atoms with E-state index in [1.54, 1.807) is 0 Å². The standard InChI is InChI=1S/C13H17N3/c14-7-6-10-11-5-2-8-15-13(11)16-12(10)9-3-1-4-9/h2,5,8-9H,1,3-4,6-7,14H2,(H,15,16). The van der Waals surface area contributed by atoms with E-state index >= 15 is 0 Å². The first-order valence-electron chi connectivity index (χ1n) is 6.05. The number of aromatic nitrogens is 2. The molecule has 16 heavy (non-hydrogen) atoms. The van der Waals surface area contributed by atoms with Crippen LogP contribution in [0.2, 0.25) is 0 Å². The third-order valence-electron chi connectivity index (χ3n) is 3.62. The Kier molecular flexibility index (Phi) is 2.40. The summed E-state index contributed by atoms with van der Waals surface area (Å²) in [5, 5.41) is 1.26. The number of hydrogen-bond donors (Lipinski definition) is 2. The van der Waals surface area contributed by atoms with E-state index in [9.17, 15) is 0 Å². The van der Waals surface area contributed by atoms with Gasteiger partial charge in [-0.3, -0.25) is 0 Å². The first-order valence-corrected chi connectivity index (χ1v) is 6.05. The van der Waals surface area contributed by atoms with Crippen LogP contribution in [-0.2, 0) is 6.42 Å². The molecule has 0 aliphatic heterocycles. The maximum atomic E-state index is 5.70. The minimum Gasteiger partial charge on any atom is -0.343 e. The Morgan fingerprint density at radius 2 is 2.31 bits per heavy atom. The molecule has 3 N–H and O–H groups in total. The van der Waals surface area contributed by atoms with Crippen LogP contribution in [0.15, 0.2) is 18.3 Å². The second-order valence-corrected chi connectivity index (χ2v) is 4.58. The number of rotatable bonds is 3. The third-order valence-corrected chi connectivity index (χ3v) is 3.62. The minimum absolute atomic E-state index is 0.710. The van der Waals surface area contributed by atoms with Crippen molar-refractivity contribution in [2.75, 3.05) is 6.54 Å². The number of pyridine rings is 1. The first kappa shape index (κ1) is 9.85. The van der Waals surface area contributed by atoms with Gasteiger partial charge in [-0.05, 0) is 49.4 Å². The molecule has 1 fully saturated rings. The zero-order valence-electron chi connectivity index (χ0n) is 9.37. The van der Waals surface area contributed by atoms with E-state index in [-0.39, 0.29) is 0 Å². The average Bonchev–Trinajstić information content (AvgIpc) is 2.56. The molecule has 0 spiro atoms. The smallest absolute Gasteiger partial charge is 0.137 e. The minimum atomic E-state index is 0.710. The van der Waals surface area contributed by atoms with E-state index in [2.05, 4.69) is 16.0 Å². The van der Waals surface area contributed by atoms with E-state index in [0.29, 0.717) is 6.54 Å². The van der Waals surface area contributed by atoms with Gasteiger partial charge in [-0.15, -0.1) is 0 Å². The predicted molar refractivity (Wildman–Crippen MR) is 65.4 cm³/mol. The maximum absolute atomic E-state index is 5.70. The molecule has 2 aromatic rings. The molecule has 3 nitrogen and oxygen atoms in total. The molecule has 0 radical (unpaired) electrons. The fourth-order valence-electron chi connectivity index (χ4n) is 2.56. The highest BCUT2D eigenvalue weighted by Crippen LogP contribution is 2.39. The Balaban J connectivity index is 2.13. The van der Waals surface area contributed by atoms with E-state index in [0.717, 1.165) is 18.0 Å². The van der Waals surface area contributed by atoms with Gasteiger partial charge in [0.25, 0.3) is 0 Å². The van der Waals surface area contributed by atoms with Crippen LogP contribution in [0.1, 0.15) is 36.4 Å². The summed E-state index contributed by atoms with van der Waals surface area (Å²) in [5.74, 6) is 0.718. The molecule has 2 aromatic heterocycles. The molecule has 0 bridgehead atoms. The van der Waals surface area contributed by atoms with Crippen LogP contribution in [0.4, 0.5) is 0 Å². The molecule has 84 valence electrons. The van der Waals surface area contributed by atoms with Gasteiger partial charge in [0.2, 0.25) is 0 Å². The van der Waals surface area contributed by atoms with Crippen molar-refractivity contribution in [1.29, 1.82) is 0 Å². The lowest BCUT2D eigenvalue weighted by Crippen LogP contribution is -2.13. The number of hydrogen-bond acceptors (Lipinski definition) is 2. The van der Waals surface area contributed by atoms with E-state index in [4.69, 9.17) is 5.73 Å². The van der Waals surface area contributed by atoms with Crippen LogP contribution in [0, 0.1) is 0 Å². The second-order valence-electron chi connectivity index (χ2n) is 4.58. The summed E-state index contributed by atoms with van der Waals surface area (Å²) in [6, 6.07) is 4.15. The Bertz CT molecular complexity index is 497. The SMILES string of the molecule is NCCc1c(C2CCC2)[nH]c2ncccc12. The van der Waals surface area contributed by atoms with Crippen molar-refractivity contribution in [2.24, 2.45) is 5.73 Å². The summed E-state index contributed by atoms with van der Waals surface area (Å²) in [4.78, 5) is 7.87. The van der Waals surface area contributed by atoms with Crippen LogP contribution < -0.4 is 5.73 Å². The molecule has 3 rings (SSSR count). The van der Waals surface area contributed by atoms with Crippen LogP contribution in [-0.4, -0.2) is 16.5 Å². The second kappa shape index (κ2) is 3.91. The summed E-state index contributed by atoms with van der Waals surface area (Å²) in [5.41, 5.74) is 9.52. The quantitative estimate of drug-likeness (QED) is 0.825. The van der Waals surface area contributed by atoms with Crippen molar-refractivity contribution >= 4 is 11.0 Å². The van der Waals surface area contributed by atoms with Gasteiger partial charge in [0.15, 0.2) is 0 Å². The highest BCUT2D eigenvalue weighted by molar-refractivity contribution is 5.81. The molecule has 3 heteroatoms. The third kappa shape index (κ3) is 1.43. The number of fused-ring (bicyclic) bond motifs is 1. The Hall–Kier alpha value is -1.35. The van der Waals surface area contributed by atoms with E-state index < -0.39 is 0 Å². The summed E-state index contributed by atoms with van der Waals surface area (Å²) < 4.78 is 0. The van der Waals surface area contributed by atoms with Crippen molar-refractivity contribution in [3.63, 3.8) is 0 Å². The number of nitrogens with one attached hydrogen (secondary N) is 1. The Morgan fingerprint density at radius 3 is 3.00 bits per heavy atom. The molecule has 0 unspecified atom stereocenters. The molecule has 1 aliphatic rings. The summed E-state index contributed by atoms with van der Waals surface area (Å²) >= 11 is 0. The molecular formula is C13H17N3. The molecule has 0 saturated heterocycles. The number of aromatic amines is 1. The molecule has 0 atom stereocenters. The Labute approximate surface area is 95.1 Å². The molecule has 1 saturated carbocycles. The zero-order valence-corrected chi connectivity index (χ0v) is 9.37. The van der Waals surface area contributed by atoms with Crippen molar-refractivity contribution in [1.82, 2.24) is 9.97 Å². The van der Waals surface area contributed by atoms with Gasteiger partial charge in [-0.25, -0.2) is 4.98 Å². The van der Waals surface area contributed by atoms with Crippen molar-refractivity contribution in [3.8, 4) is 0 Å². The van der Waals surface area contributed by atoms with E-state index in [1.165, 1.54) is 35.9 Å². The van der Waals surface area contributed by atoms with Gasteiger partial charge in [0.05, 0.1) is 0 Å². The van der Waals surface area contributed by atoms with Gasteiger partial charge in [-0.1, -0.05) is 6.42 Å². The molecule has 0 amide bonds. The normalized spacial score (nSPS) is 16.6. The lowest BCUT2D eigenvalue weighted by Gasteiger charge is -2.25. The maximum Gasteiger partial charge on any atom is 0.137 e. The Morgan fingerprint density at radius 1 is 1.44 bits per heavy atom. The van der Waals surface area contributed by atoms with Crippen molar-refractivity contribution in [2.45, 2.75) is 31.6 Å². The van der Waals surface area contributed by atoms with Crippen molar-refractivity contribution < 1.29 is 0 Å². The van der Waals surface area contributed by atoms with Crippen LogP contribution in [0.25, 0.3) is 11.0 Å². The van der Waals surface area contributed by atoms with Crippen LogP contribution >= 0.6 is 0 Å². The summed E-state index contributed by atoms with van der Waals surface area (Å²) in [6.45, 7) is 0.710. The van der Waals surface area contributed by atoms with E-state index in [1.807, 2.05) is 12.3 Å². The molecule has 2 heterocycles. The van der Waals surface area contributed by atoms with Gasteiger partial charge in [0.1, 0.15) is 5.65 Å². The van der Waals surface area contributed by atoms with Crippen LogP contribution in [0.5, 0.6) is 0 Å². The molecular weight excluding hydrogens is 198 g/mol. The summed E-state index contributed by atoms with van der Waals surface area (Å²) in [6.07, 6.45) is 6.78. The van der Waals surface area contributed by atoms with Gasteiger partial charge >= 0.3 is 0 Å². The van der Waals surface area contributed by atoms with Crippen molar-refractivity contribution in [3.05, 3.63) is 29.6 Å². The topological polar surface area (TPSA) is 54.7 Å². The highest BCUT2D eigenvalue weighted by atomic mass is 14.9. The van der Waals surface area contributed by atoms with Gasteiger partial charge < -0.3 is 10.7 Å². The number of nitrogens with two attached hydrogens (primary N) is 1. The number of H-pyrrole nitrogens is 1. The highest BCUT2D eigenvalue weighted by Gasteiger charge is 2.25. The van der Waals surface area contributed by atoms with Gasteiger partial charge in [0, 0.05) is 17.3 Å².